The summed E-state index contributed by atoms with van der Waals surface area (Å²) in [6.07, 6.45) is 2.17. The van der Waals surface area contributed by atoms with E-state index < -0.39 is 6.10 Å². The van der Waals surface area contributed by atoms with Crippen molar-refractivity contribution in [2.75, 3.05) is 0 Å². The van der Waals surface area contributed by atoms with E-state index in [-0.39, 0.29) is 11.9 Å². The average molecular weight is 383 g/mol. The number of aromatic nitrogens is 1. The van der Waals surface area contributed by atoms with E-state index >= 15 is 0 Å². The van der Waals surface area contributed by atoms with Crippen LogP contribution in [0.4, 0.5) is 0 Å². The van der Waals surface area contributed by atoms with E-state index in [4.69, 9.17) is 16.3 Å². The van der Waals surface area contributed by atoms with Crippen LogP contribution in [0.1, 0.15) is 30.2 Å². The maximum atomic E-state index is 12.5. The summed E-state index contributed by atoms with van der Waals surface area (Å²) in [4.78, 5) is 16.1. The lowest BCUT2D eigenvalue weighted by Gasteiger charge is -2.25. The molecule has 0 saturated heterocycles. The molecule has 1 aliphatic carbocycles. The zero-order chi connectivity index (χ0) is 19.0. The highest BCUT2D eigenvalue weighted by atomic mass is 35.5. The number of rotatable bonds is 4. The Morgan fingerprint density at radius 3 is 2.81 bits per heavy atom. The van der Waals surface area contributed by atoms with Gasteiger partial charge in [-0.1, -0.05) is 23.2 Å². The minimum Gasteiger partial charge on any atom is -0.481 e. The Morgan fingerprint density at radius 2 is 2.04 bits per heavy atom. The van der Waals surface area contributed by atoms with Crippen molar-refractivity contribution in [1.82, 2.24) is 10.3 Å². The van der Waals surface area contributed by atoms with Crippen LogP contribution in [0.25, 0.3) is 10.9 Å². The van der Waals surface area contributed by atoms with Crippen LogP contribution in [-0.2, 0) is 17.6 Å². The first-order valence-corrected chi connectivity index (χ1v) is 9.70. The Bertz CT molecular complexity index is 978. The van der Waals surface area contributed by atoms with Gasteiger partial charge in [0.05, 0.1) is 0 Å². The molecule has 0 saturated carbocycles. The second-order valence-electron chi connectivity index (χ2n) is 7.29. The number of carbonyl (C=O) groups is 1. The number of amides is 1. The Balaban J connectivity index is 1.41. The third-order valence-electron chi connectivity index (χ3n) is 5.19. The van der Waals surface area contributed by atoms with Crippen LogP contribution in [0.15, 0.2) is 42.5 Å². The standard InChI is InChI=1S/C22H23ClN2O2/c1-13-3-10-20-19(11-13)18-9-6-16(12-21(18)25-20)24-22(26)14(2)27-17-7-4-15(23)5-8-17/h3-5,7-8,10-11,14,16,25H,6,9,12H2,1-2H3,(H,24,26). The summed E-state index contributed by atoms with van der Waals surface area (Å²) in [6.45, 7) is 3.89. The molecule has 140 valence electrons. The molecule has 5 heteroatoms. The molecular formula is C22H23ClN2O2. The van der Waals surface area contributed by atoms with Gasteiger partial charge in [0.1, 0.15) is 5.75 Å². The largest absolute Gasteiger partial charge is 0.481 e. The van der Waals surface area contributed by atoms with Crippen molar-refractivity contribution in [3.63, 3.8) is 0 Å². The van der Waals surface area contributed by atoms with E-state index in [1.54, 1.807) is 31.2 Å². The second-order valence-corrected chi connectivity index (χ2v) is 7.73. The van der Waals surface area contributed by atoms with E-state index in [1.165, 1.54) is 27.7 Å². The molecule has 0 fully saturated rings. The summed E-state index contributed by atoms with van der Waals surface area (Å²) in [7, 11) is 0. The van der Waals surface area contributed by atoms with E-state index in [1.807, 2.05) is 0 Å². The van der Waals surface area contributed by atoms with Gasteiger partial charge in [0.25, 0.3) is 5.91 Å². The van der Waals surface area contributed by atoms with Crippen molar-refractivity contribution in [3.05, 3.63) is 64.3 Å². The fraction of sp³-hybridized carbons (Fsp3) is 0.318. The van der Waals surface area contributed by atoms with E-state index in [0.717, 1.165) is 19.3 Å². The third-order valence-corrected chi connectivity index (χ3v) is 5.44. The number of H-pyrrole nitrogens is 1. The number of nitrogens with one attached hydrogen (secondary N) is 2. The Morgan fingerprint density at radius 1 is 1.26 bits per heavy atom. The lowest BCUT2D eigenvalue weighted by atomic mass is 9.91. The number of fused-ring (bicyclic) bond motifs is 3. The van der Waals surface area contributed by atoms with Gasteiger partial charge in [0.15, 0.2) is 6.10 Å². The molecular weight excluding hydrogens is 360 g/mol. The lowest BCUT2D eigenvalue weighted by Crippen LogP contribution is -2.44. The van der Waals surface area contributed by atoms with Crippen molar-refractivity contribution in [3.8, 4) is 5.75 Å². The minimum atomic E-state index is -0.557. The maximum absolute atomic E-state index is 12.5. The number of aromatic amines is 1. The van der Waals surface area contributed by atoms with Crippen LogP contribution in [0.2, 0.25) is 5.02 Å². The predicted molar refractivity (Wildman–Crippen MR) is 109 cm³/mol. The van der Waals surface area contributed by atoms with Crippen molar-refractivity contribution >= 4 is 28.4 Å². The Hall–Kier alpha value is -2.46. The van der Waals surface area contributed by atoms with Crippen LogP contribution in [0.5, 0.6) is 5.75 Å². The quantitative estimate of drug-likeness (QED) is 0.694. The summed E-state index contributed by atoms with van der Waals surface area (Å²) < 4.78 is 5.72. The number of hydrogen-bond donors (Lipinski definition) is 2. The van der Waals surface area contributed by atoms with Gasteiger partial charge in [0.2, 0.25) is 0 Å². The molecule has 2 aromatic carbocycles. The van der Waals surface area contributed by atoms with Crippen LogP contribution in [0, 0.1) is 6.92 Å². The van der Waals surface area contributed by atoms with Gasteiger partial charge >= 0.3 is 0 Å². The van der Waals surface area contributed by atoms with Gasteiger partial charge in [-0.05, 0) is 68.7 Å². The topological polar surface area (TPSA) is 54.1 Å². The number of aryl methyl sites for hydroxylation is 2. The van der Waals surface area contributed by atoms with Crippen LogP contribution < -0.4 is 10.1 Å². The number of hydrogen-bond acceptors (Lipinski definition) is 2. The number of benzene rings is 2. The smallest absolute Gasteiger partial charge is 0.261 e. The normalized spacial score (nSPS) is 17.4. The van der Waals surface area contributed by atoms with Gasteiger partial charge in [-0.15, -0.1) is 0 Å². The Labute approximate surface area is 163 Å². The molecule has 4 rings (SSSR count). The first-order chi connectivity index (χ1) is 13.0. The molecule has 1 aromatic heterocycles. The predicted octanol–water partition coefficient (Wildman–Crippen LogP) is 4.57. The van der Waals surface area contributed by atoms with Gasteiger partial charge in [-0.2, -0.15) is 0 Å². The molecule has 1 aliphatic rings. The molecule has 0 spiro atoms. The van der Waals surface area contributed by atoms with Crippen LogP contribution in [0.3, 0.4) is 0 Å². The first kappa shape index (κ1) is 17.9. The molecule has 1 heterocycles. The summed E-state index contributed by atoms with van der Waals surface area (Å²) in [5.41, 5.74) is 5.08. The number of ether oxygens (including phenoxy) is 1. The van der Waals surface area contributed by atoms with Crippen molar-refractivity contribution in [2.24, 2.45) is 0 Å². The van der Waals surface area contributed by atoms with Crippen LogP contribution >= 0.6 is 11.6 Å². The minimum absolute atomic E-state index is 0.0923. The molecule has 2 N–H and O–H groups in total. The highest BCUT2D eigenvalue weighted by Crippen LogP contribution is 2.30. The summed E-state index contributed by atoms with van der Waals surface area (Å²) in [5.74, 6) is 0.546. The summed E-state index contributed by atoms with van der Waals surface area (Å²) >= 11 is 5.88. The number of carbonyl (C=O) groups excluding carboxylic acids is 1. The molecule has 27 heavy (non-hydrogen) atoms. The highest BCUT2D eigenvalue weighted by molar-refractivity contribution is 6.30. The molecule has 1 amide bonds. The van der Waals surface area contributed by atoms with E-state index in [0.29, 0.717) is 10.8 Å². The summed E-state index contributed by atoms with van der Waals surface area (Å²) in [5, 5.41) is 5.10. The third kappa shape index (κ3) is 3.81. The molecule has 3 aromatic rings. The van der Waals surface area contributed by atoms with E-state index in [2.05, 4.69) is 35.4 Å². The molecule has 0 radical (unpaired) electrons. The SMILES string of the molecule is Cc1ccc2[nH]c3c(c2c1)CCC(NC(=O)C(C)Oc1ccc(Cl)cc1)C3. The average Bonchev–Trinajstić information content (AvgIpc) is 3.00. The fourth-order valence-electron chi connectivity index (χ4n) is 3.76. The van der Waals surface area contributed by atoms with Gasteiger partial charge in [0, 0.05) is 34.1 Å². The fourth-order valence-corrected chi connectivity index (χ4v) is 3.88. The van der Waals surface area contributed by atoms with Crippen molar-refractivity contribution in [2.45, 2.75) is 45.3 Å². The highest BCUT2D eigenvalue weighted by Gasteiger charge is 2.25. The van der Waals surface area contributed by atoms with Gasteiger partial charge in [-0.25, -0.2) is 0 Å². The van der Waals surface area contributed by atoms with Crippen LogP contribution in [-0.4, -0.2) is 23.0 Å². The van der Waals surface area contributed by atoms with E-state index in [9.17, 15) is 4.79 Å². The first-order valence-electron chi connectivity index (χ1n) is 9.32. The van der Waals surface area contributed by atoms with Gasteiger partial charge < -0.3 is 15.0 Å². The molecule has 0 bridgehead atoms. The lowest BCUT2D eigenvalue weighted by molar-refractivity contribution is -0.128. The molecule has 4 nitrogen and oxygen atoms in total. The Kier molecular flexibility index (Phi) is 4.83. The molecule has 2 unspecified atom stereocenters. The summed E-state index contributed by atoms with van der Waals surface area (Å²) in [6, 6.07) is 13.7. The molecule has 2 atom stereocenters. The van der Waals surface area contributed by atoms with Crippen molar-refractivity contribution in [1.29, 1.82) is 0 Å². The van der Waals surface area contributed by atoms with Gasteiger partial charge in [-0.3, -0.25) is 4.79 Å². The maximum Gasteiger partial charge on any atom is 0.261 e. The monoisotopic (exact) mass is 382 g/mol. The second kappa shape index (κ2) is 7.28. The zero-order valence-electron chi connectivity index (χ0n) is 15.5. The molecule has 0 aliphatic heterocycles. The number of halogens is 1. The van der Waals surface area contributed by atoms with Crippen molar-refractivity contribution < 1.29 is 9.53 Å². The zero-order valence-corrected chi connectivity index (χ0v) is 16.3.